The lowest BCUT2D eigenvalue weighted by Crippen LogP contribution is -2.03. The van der Waals surface area contributed by atoms with Crippen LogP contribution in [0, 0.1) is 22.7 Å². The summed E-state index contributed by atoms with van der Waals surface area (Å²) in [6.07, 6.45) is 0.0336. The van der Waals surface area contributed by atoms with Crippen LogP contribution in [0.2, 0.25) is 0 Å². The molecule has 6 nitrogen and oxygen atoms in total. The Balaban J connectivity index is 3.35. The number of aromatic hydroxyl groups is 2. The lowest BCUT2D eigenvalue weighted by Gasteiger charge is -2.11. The standard InChI is InChI=1S/C12H9BrN2O4/c1-19-9(16)3-2-6-10(13)12(18)8(5-15)7(4-14)11(6)17/h17-18H,2-3H2,1H3. The molecule has 19 heavy (non-hydrogen) atoms. The predicted molar refractivity (Wildman–Crippen MR) is 67.2 cm³/mol. The molecule has 1 rings (SSSR count). The first-order valence-corrected chi connectivity index (χ1v) is 5.90. The van der Waals surface area contributed by atoms with Crippen LogP contribution < -0.4 is 0 Å². The summed E-state index contributed by atoms with van der Waals surface area (Å²) in [7, 11) is 1.23. The van der Waals surface area contributed by atoms with E-state index in [2.05, 4.69) is 20.7 Å². The maximum absolute atomic E-state index is 11.1. The molecule has 0 aliphatic heterocycles. The van der Waals surface area contributed by atoms with Crippen molar-refractivity contribution in [3.63, 3.8) is 0 Å². The second kappa shape index (κ2) is 6.07. The molecule has 0 saturated heterocycles. The van der Waals surface area contributed by atoms with Gasteiger partial charge in [-0.05, 0) is 22.4 Å². The van der Waals surface area contributed by atoms with Crippen molar-refractivity contribution in [1.29, 1.82) is 10.5 Å². The zero-order chi connectivity index (χ0) is 14.6. The molecule has 0 fully saturated rings. The van der Waals surface area contributed by atoms with Gasteiger partial charge in [-0.25, -0.2) is 0 Å². The van der Waals surface area contributed by atoms with E-state index in [0.717, 1.165) is 0 Å². The third-order valence-corrected chi connectivity index (χ3v) is 3.37. The minimum atomic E-state index is -0.492. The molecule has 0 radical (unpaired) electrons. The molecule has 98 valence electrons. The number of halogens is 1. The van der Waals surface area contributed by atoms with E-state index < -0.39 is 17.5 Å². The monoisotopic (exact) mass is 324 g/mol. The second-order valence-corrected chi connectivity index (χ2v) is 4.33. The number of ether oxygens (including phenoxy) is 1. The van der Waals surface area contributed by atoms with Crippen LogP contribution in [0.15, 0.2) is 4.47 Å². The number of methoxy groups -OCH3 is 1. The number of rotatable bonds is 3. The maximum Gasteiger partial charge on any atom is 0.305 e. The van der Waals surface area contributed by atoms with Crippen LogP contribution >= 0.6 is 15.9 Å². The number of hydrogen-bond acceptors (Lipinski definition) is 6. The van der Waals surface area contributed by atoms with E-state index in [0.29, 0.717) is 0 Å². The summed E-state index contributed by atoms with van der Waals surface area (Å²) in [6.45, 7) is 0. The average Bonchev–Trinajstić information content (AvgIpc) is 2.41. The fourth-order valence-electron chi connectivity index (χ4n) is 1.52. The SMILES string of the molecule is COC(=O)CCc1c(O)c(C#N)c(C#N)c(O)c1Br. The Hall–Kier alpha value is -2.25. The van der Waals surface area contributed by atoms with Gasteiger partial charge in [0, 0.05) is 12.0 Å². The predicted octanol–water partition coefficient (Wildman–Crippen LogP) is 1.71. The highest BCUT2D eigenvalue weighted by atomic mass is 79.9. The first kappa shape index (κ1) is 14.8. The molecule has 0 saturated carbocycles. The number of carbonyl (C=O) groups is 1. The number of nitriles is 2. The molecule has 0 aliphatic rings. The largest absolute Gasteiger partial charge is 0.506 e. The summed E-state index contributed by atoms with van der Waals surface area (Å²) in [6, 6.07) is 3.30. The first-order chi connectivity index (χ1) is 8.97. The minimum absolute atomic E-state index is 0.0289. The van der Waals surface area contributed by atoms with E-state index in [1.54, 1.807) is 12.1 Å². The number of phenols is 2. The Morgan fingerprint density at radius 2 is 1.79 bits per heavy atom. The maximum atomic E-state index is 11.1. The number of benzene rings is 1. The van der Waals surface area contributed by atoms with E-state index >= 15 is 0 Å². The van der Waals surface area contributed by atoms with Gasteiger partial charge < -0.3 is 14.9 Å². The van der Waals surface area contributed by atoms with Crippen LogP contribution in [0.3, 0.4) is 0 Å². The Morgan fingerprint density at radius 1 is 1.26 bits per heavy atom. The quantitative estimate of drug-likeness (QED) is 0.646. The Labute approximate surface area is 117 Å². The van der Waals surface area contributed by atoms with E-state index in [4.69, 9.17) is 10.5 Å². The number of esters is 1. The fourth-order valence-corrected chi connectivity index (χ4v) is 2.10. The average molecular weight is 325 g/mol. The van der Waals surface area contributed by atoms with Crippen molar-refractivity contribution in [2.24, 2.45) is 0 Å². The molecule has 0 aromatic heterocycles. The van der Waals surface area contributed by atoms with Gasteiger partial charge in [-0.1, -0.05) is 0 Å². The van der Waals surface area contributed by atoms with Gasteiger partial charge >= 0.3 is 5.97 Å². The van der Waals surface area contributed by atoms with Gasteiger partial charge in [0.25, 0.3) is 0 Å². The van der Waals surface area contributed by atoms with Gasteiger partial charge in [-0.3, -0.25) is 4.79 Å². The zero-order valence-corrected chi connectivity index (χ0v) is 11.5. The normalized spacial score (nSPS) is 9.47. The van der Waals surface area contributed by atoms with E-state index in [-0.39, 0.29) is 34.0 Å². The van der Waals surface area contributed by atoms with E-state index in [1.807, 2.05) is 0 Å². The van der Waals surface area contributed by atoms with Crippen molar-refractivity contribution >= 4 is 21.9 Å². The van der Waals surface area contributed by atoms with Crippen LogP contribution in [0.25, 0.3) is 0 Å². The molecule has 1 aromatic rings. The minimum Gasteiger partial charge on any atom is -0.506 e. The summed E-state index contributed by atoms with van der Waals surface area (Å²) in [5, 5.41) is 37.5. The van der Waals surface area contributed by atoms with Gasteiger partial charge in [0.15, 0.2) is 0 Å². The smallest absolute Gasteiger partial charge is 0.305 e. The van der Waals surface area contributed by atoms with Gasteiger partial charge in [0.1, 0.15) is 34.8 Å². The van der Waals surface area contributed by atoms with E-state index in [1.165, 1.54) is 7.11 Å². The summed E-state index contributed by atoms with van der Waals surface area (Å²) in [5.41, 5.74) is -0.449. The molecule has 0 spiro atoms. The number of phenolic OH excluding ortho intramolecular Hbond substituents is 2. The summed E-state index contributed by atoms with van der Waals surface area (Å²) < 4.78 is 4.56. The Kier molecular flexibility index (Phi) is 4.74. The third-order valence-electron chi connectivity index (χ3n) is 2.51. The molecule has 1 aromatic carbocycles. The van der Waals surface area contributed by atoms with Crippen LogP contribution in [0.1, 0.15) is 23.1 Å². The lowest BCUT2D eigenvalue weighted by molar-refractivity contribution is -0.140. The lowest BCUT2D eigenvalue weighted by atomic mass is 9.99. The first-order valence-electron chi connectivity index (χ1n) is 5.11. The summed E-state index contributed by atoms with van der Waals surface area (Å²) in [5.74, 6) is -1.35. The van der Waals surface area contributed by atoms with Gasteiger partial charge in [0.05, 0.1) is 11.6 Å². The molecule has 0 unspecified atom stereocenters. The second-order valence-electron chi connectivity index (χ2n) is 3.54. The highest BCUT2D eigenvalue weighted by Gasteiger charge is 2.22. The van der Waals surface area contributed by atoms with Crippen LogP contribution in [-0.2, 0) is 16.0 Å². The zero-order valence-electron chi connectivity index (χ0n) is 9.90. The number of nitrogens with zero attached hydrogens (tertiary/aromatic N) is 2. The molecule has 0 heterocycles. The molecular weight excluding hydrogens is 316 g/mol. The van der Waals surface area contributed by atoms with Crippen LogP contribution in [0.5, 0.6) is 11.5 Å². The van der Waals surface area contributed by atoms with Crippen molar-refractivity contribution in [3.8, 4) is 23.6 Å². The number of carbonyl (C=O) groups excluding carboxylic acids is 1. The van der Waals surface area contributed by atoms with Crippen molar-refractivity contribution in [2.75, 3.05) is 7.11 Å². The van der Waals surface area contributed by atoms with Crippen molar-refractivity contribution in [3.05, 3.63) is 21.2 Å². The van der Waals surface area contributed by atoms with Crippen LogP contribution in [-0.4, -0.2) is 23.3 Å². The number of hydrogen-bond donors (Lipinski definition) is 2. The summed E-state index contributed by atoms with van der Waals surface area (Å²) >= 11 is 3.04. The van der Waals surface area contributed by atoms with Crippen molar-refractivity contribution < 1.29 is 19.7 Å². The van der Waals surface area contributed by atoms with Gasteiger partial charge in [0.2, 0.25) is 0 Å². The Morgan fingerprint density at radius 3 is 2.26 bits per heavy atom. The van der Waals surface area contributed by atoms with Gasteiger partial charge in [-0.15, -0.1) is 0 Å². The van der Waals surface area contributed by atoms with Gasteiger partial charge in [-0.2, -0.15) is 10.5 Å². The fraction of sp³-hybridized carbons (Fsp3) is 0.250. The topological polar surface area (TPSA) is 114 Å². The highest BCUT2D eigenvalue weighted by Crippen LogP contribution is 2.40. The van der Waals surface area contributed by atoms with Crippen LogP contribution in [0.4, 0.5) is 0 Å². The molecular formula is C12H9BrN2O4. The molecule has 0 aliphatic carbocycles. The Bertz CT molecular complexity index is 614. The third kappa shape index (κ3) is 2.78. The molecule has 0 atom stereocenters. The molecule has 7 heteroatoms. The van der Waals surface area contributed by atoms with E-state index in [9.17, 15) is 15.0 Å². The highest BCUT2D eigenvalue weighted by molar-refractivity contribution is 9.10. The van der Waals surface area contributed by atoms with Crippen molar-refractivity contribution in [2.45, 2.75) is 12.8 Å². The van der Waals surface area contributed by atoms with Crippen molar-refractivity contribution in [1.82, 2.24) is 0 Å². The molecule has 0 amide bonds. The molecule has 2 N–H and O–H groups in total. The molecule has 0 bridgehead atoms. The summed E-state index contributed by atoms with van der Waals surface area (Å²) in [4.78, 5) is 11.1.